The maximum Gasteiger partial charge on any atom is 0.236 e. The average Bonchev–Trinajstić information content (AvgIpc) is 2.44. The quantitative estimate of drug-likeness (QED) is 0.717. The van der Waals surface area contributed by atoms with Crippen LogP contribution in [0.15, 0.2) is 0 Å². The number of likely N-dealkylation sites (N-methyl/N-ethyl adjacent to an activating group) is 1. The van der Waals surface area contributed by atoms with Crippen LogP contribution < -0.4 is 10.6 Å². The van der Waals surface area contributed by atoms with E-state index in [0.717, 1.165) is 0 Å². The molecule has 0 aromatic rings. The number of hydrogen-bond donors (Lipinski definition) is 2. The Morgan fingerprint density at radius 3 is 2.57 bits per heavy atom. The Bertz CT molecular complexity index is 213. The lowest BCUT2D eigenvalue weighted by Crippen LogP contribution is -2.49. The van der Waals surface area contributed by atoms with Gasteiger partial charge in [0.05, 0.1) is 6.04 Å². The molecule has 14 heavy (non-hydrogen) atoms. The summed E-state index contributed by atoms with van der Waals surface area (Å²) in [6, 6.07) is 0.400. The second kappa shape index (κ2) is 4.30. The molecule has 3 nitrogen and oxygen atoms in total. The van der Waals surface area contributed by atoms with Crippen molar-refractivity contribution in [2.45, 2.75) is 52.1 Å². The van der Waals surface area contributed by atoms with Gasteiger partial charge < -0.3 is 10.6 Å². The zero-order chi connectivity index (χ0) is 10.8. The molecule has 0 aromatic heterocycles. The van der Waals surface area contributed by atoms with Crippen molar-refractivity contribution in [3.63, 3.8) is 0 Å². The van der Waals surface area contributed by atoms with Gasteiger partial charge in [-0.1, -0.05) is 20.3 Å². The van der Waals surface area contributed by atoms with Gasteiger partial charge in [-0.05, 0) is 25.2 Å². The molecule has 0 saturated heterocycles. The molecule has 2 N–H and O–H groups in total. The normalized spacial score (nSPS) is 27.3. The number of carbonyl (C=O) groups is 1. The fourth-order valence-electron chi connectivity index (χ4n) is 2.23. The van der Waals surface area contributed by atoms with Gasteiger partial charge in [0.2, 0.25) is 5.91 Å². The van der Waals surface area contributed by atoms with E-state index >= 15 is 0 Å². The number of amides is 1. The van der Waals surface area contributed by atoms with Crippen molar-refractivity contribution in [3.8, 4) is 0 Å². The Labute approximate surface area is 86.6 Å². The van der Waals surface area contributed by atoms with Crippen LogP contribution in [0.1, 0.15) is 40.0 Å². The summed E-state index contributed by atoms with van der Waals surface area (Å²) in [6.45, 7) is 6.47. The van der Waals surface area contributed by atoms with Crippen molar-refractivity contribution < 1.29 is 4.79 Å². The van der Waals surface area contributed by atoms with E-state index in [1.54, 1.807) is 7.05 Å². The predicted octanol–water partition coefficient (Wildman–Crippen LogP) is 1.29. The molecule has 1 rings (SSSR count). The van der Waals surface area contributed by atoms with E-state index in [-0.39, 0.29) is 11.9 Å². The van der Waals surface area contributed by atoms with E-state index in [1.807, 2.05) is 6.92 Å². The molecule has 0 spiro atoms. The lowest BCUT2D eigenvalue weighted by molar-refractivity contribution is -0.122. The Kier molecular flexibility index (Phi) is 3.53. The van der Waals surface area contributed by atoms with Gasteiger partial charge >= 0.3 is 0 Å². The summed E-state index contributed by atoms with van der Waals surface area (Å²) in [4.78, 5) is 11.3. The Hall–Kier alpha value is -0.570. The molecule has 0 heterocycles. The van der Waals surface area contributed by atoms with E-state index < -0.39 is 0 Å². The minimum absolute atomic E-state index is 0.0766. The second-order valence-electron chi connectivity index (χ2n) is 4.94. The zero-order valence-corrected chi connectivity index (χ0v) is 9.68. The molecule has 1 aliphatic rings. The molecular formula is C11H22N2O. The summed E-state index contributed by atoms with van der Waals surface area (Å²) >= 11 is 0. The van der Waals surface area contributed by atoms with Crippen LogP contribution in [0.25, 0.3) is 0 Å². The SMILES string of the molecule is CNC(=O)C(C)NC1CCCC1(C)C. The average molecular weight is 198 g/mol. The highest BCUT2D eigenvalue weighted by atomic mass is 16.2. The minimum Gasteiger partial charge on any atom is -0.358 e. The van der Waals surface area contributed by atoms with E-state index in [9.17, 15) is 4.79 Å². The van der Waals surface area contributed by atoms with Gasteiger partial charge in [-0.15, -0.1) is 0 Å². The monoisotopic (exact) mass is 198 g/mol. The van der Waals surface area contributed by atoms with Crippen LogP contribution in [-0.4, -0.2) is 25.0 Å². The predicted molar refractivity (Wildman–Crippen MR) is 58.1 cm³/mol. The molecule has 3 heteroatoms. The first-order chi connectivity index (χ1) is 6.47. The summed E-state index contributed by atoms with van der Waals surface area (Å²) in [5.41, 5.74) is 0.336. The molecule has 0 radical (unpaired) electrons. The van der Waals surface area contributed by atoms with Crippen LogP contribution in [0.4, 0.5) is 0 Å². The van der Waals surface area contributed by atoms with Gasteiger partial charge in [0.15, 0.2) is 0 Å². The van der Waals surface area contributed by atoms with Crippen LogP contribution in [0.2, 0.25) is 0 Å². The summed E-state index contributed by atoms with van der Waals surface area (Å²) in [6.07, 6.45) is 3.71. The van der Waals surface area contributed by atoms with E-state index in [2.05, 4.69) is 24.5 Å². The third-order valence-electron chi connectivity index (χ3n) is 3.35. The Morgan fingerprint density at radius 1 is 1.50 bits per heavy atom. The zero-order valence-electron chi connectivity index (χ0n) is 9.68. The topological polar surface area (TPSA) is 41.1 Å². The van der Waals surface area contributed by atoms with Crippen LogP contribution >= 0.6 is 0 Å². The molecule has 1 aliphatic carbocycles. The van der Waals surface area contributed by atoms with Crippen molar-refractivity contribution in [2.75, 3.05) is 7.05 Å². The van der Waals surface area contributed by atoms with Crippen molar-refractivity contribution in [1.82, 2.24) is 10.6 Å². The smallest absolute Gasteiger partial charge is 0.236 e. The first kappa shape index (κ1) is 11.5. The molecule has 0 bridgehead atoms. The molecule has 1 fully saturated rings. The third kappa shape index (κ3) is 2.47. The number of carbonyl (C=O) groups excluding carboxylic acids is 1. The lowest BCUT2D eigenvalue weighted by atomic mass is 9.87. The van der Waals surface area contributed by atoms with E-state index in [4.69, 9.17) is 0 Å². The molecule has 2 atom stereocenters. The summed E-state index contributed by atoms with van der Waals surface area (Å²) in [7, 11) is 1.68. The van der Waals surface area contributed by atoms with Gasteiger partial charge in [-0.2, -0.15) is 0 Å². The highest BCUT2D eigenvalue weighted by molar-refractivity contribution is 5.80. The Balaban J connectivity index is 2.48. The summed E-state index contributed by atoms with van der Waals surface area (Å²) in [5, 5.41) is 6.07. The molecule has 1 saturated carbocycles. The minimum atomic E-state index is -0.0811. The maximum atomic E-state index is 11.3. The maximum absolute atomic E-state index is 11.3. The van der Waals surface area contributed by atoms with Crippen molar-refractivity contribution in [3.05, 3.63) is 0 Å². The fourth-order valence-corrected chi connectivity index (χ4v) is 2.23. The van der Waals surface area contributed by atoms with E-state index in [0.29, 0.717) is 11.5 Å². The van der Waals surface area contributed by atoms with Gasteiger partial charge in [0.25, 0.3) is 0 Å². The van der Waals surface area contributed by atoms with Gasteiger partial charge in [-0.25, -0.2) is 0 Å². The summed E-state index contributed by atoms with van der Waals surface area (Å²) in [5.74, 6) is 0.0766. The third-order valence-corrected chi connectivity index (χ3v) is 3.35. The van der Waals surface area contributed by atoms with Crippen LogP contribution in [-0.2, 0) is 4.79 Å². The standard InChI is InChI=1S/C11H22N2O/c1-8(10(14)12-4)13-9-6-5-7-11(9,2)3/h8-9,13H,5-7H2,1-4H3,(H,12,14). The van der Waals surface area contributed by atoms with Crippen LogP contribution in [0.3, 0.4) is 0 Å². The fraction of sp³-hybridized carbons (Fsp3) is 0.909. The molecule has 0 aromatic carbocycles. The van der Waals surface area contributed by atoms with Crippen molar-refractivity contribution in [1.29, 1.82) is 0 Å². The van der Waals surface area contributed by atoms with Gasteiger partial charge in [0.1, 0.15) is 0 Å². The van der Waals surface area contributed by atoms with Crippen molar-refractivity contribution in [2.24, 2.45) is 5.41 Å². The number of rotatable bonds is 3. The first-order valence-corrected chi connectivity index (χ1v) is 5.45. The summed E-state index contributed by atoms with van der Waals surface area (Å²) < 4.78 is 0. The largest absolute Gasteiger partial charge is 0.358 e. The number of hydrogen-bond acceptors (Lipinski definition) is 2. The van der Waals surface area contributed by atoms with Crippen LogP contribution in [0.5, 0.6) is 0 Å². The van der Waals surface area contributed by atoms with Gasteiger partial charge in [0, 0.05) is 13.1 Å². The molecule has 82 valence electrons. The lowest BCUT2D eigenvalue weighted by Gasteiger charge is -2.30. The number of nitrogens with one attached hydrogen (secondary N) is 2. The van der Waals surface area contributed by atoms with E-state index in [1.165, 1.54) is 19.3 Å². The highest BCUT2D eigenvalue weighted by Crippen LogP contribution is 2.37. The Morgan fingerprint density at radius 2 is 2.14 bits per heavy atom. The van der Waals surface area contributed by atoms with Crippen molar-refractivity contribution >= 4 is 5.91 Å². The molecule has 2 unspecified atom stereocenters. The highest BCUT2D eigenvalue weighted by Gasteiger charge is 2.35. The second-order valence-corrected chi connectivity index (χ2v) is 4.94. The molecular weight excluding hydrogens is 176 g/mol. The molecule has 0 aliphatic heterocycles. The van der Waals surface area contributed by atoms with Gasteiger partial charge in [-0.3, -0.25) is 4.79 Å². The first-order valence-electron chi connectivity index (χ1n) is 5.45. The van der Waals surface area contributed by atoms with Crippen LogP contribution in [0, 0.1) is 5.41 Å². The molecule has 1 amide bonds.